The van der Waals surface area contributed by atoms with E-state index in [1.165, 1.54) is 20.3 Å². The van der Waals surface area contributed by atoms with Crippen LogP contribution in [-0.4, -0.2) is 32.4 Å². The van der Waals surface area contributed by atoms with Gasteiger partial charge in [-0.2, -0.15) is 5.10 Å². The Balaban J connectivity index is 1.90. The summed E-state index contributed by atoms with van der Waals surface area (Å²) in [5.74, 6) is 0.639. The highest BCUT2D eigenvalue weighted by molar-refractivity contribution is 7.92. The van der Waals surface area contributed by atoms with Crippen molar-refractivity contribution in [2.24, 2.45) is 0 Å². The van der Waals surface area contributed by atoms with E-state index >= 15 is 0 Å². The summed E-state index contributed by atoms with van der Waals surface area (Å²) in [5, 5.41) is 5.00. The van der Waals surface area contributed by atoms with E-state index in [0.29, 0.717) is 16.5 Å². The van der Waals surface area contributed by atoms with Crippen LogP contribution in [0, 0.1) is 13.8 Å². The molecule has 1 aromatic heterocycles. The predicted octanol–water partition coefficient (Wildman–Crippen LogP) is 3.96. The third-order valence-electron chi connectivity index (χ3n) is 4.23. The van der Waals surface area contributed by atoms with Crippen LogP contribution in [0.2, 0.25) is 5.02 Å². The van der Waals surface area contributed by atoms with Gasteiger partial charge in [-0.25, -0.2) is 13.1 Å². The minimum atomic E-state index is -3.88. The second-order valence-electron chi connectivity index (χ2n) is 6.07. The predicted molar refractivity (Wildman–Crippen MR) is 108 cm³/mol. The molecule has 0 atom stereocenters. The normalized spacial score (nSPS) is 11.3. The number of methoxy groups -OCH3 is 2. The molecule has 148 valence electrons. The van der Waals surface area contributed by atoms with Gasteiger partial charge in [0.15, 0.2) is 0 Å². The van der Waals surface area contributed by atoms with Gasteiger partial charge in [0.05, 0.1) is 36.3 Å². The van der Waals surface area contributed by atoms with E-state index in [0.717, 1.165) is 17.1 Å². The first kappa shape index (κ1) is 20.0. The maximum Gasteiger partial charge on any atom is 0.265 e. The van der Waals surface area contributed by atoms with E-state index in [1.54, 1.807) is 41.1 Å². The van der Waals surface area contributed by atoms with E-state index < -0.39 is 10.0 Å². The summed E-state index contributed by atoms with van der Waals surface area (Å²) in [6, 6.07) is 11.4. The number of sulfonamides is 1. The van der Waals surface area contributed by atoms with Crippen LogP contribution < -0.4 is 14.2 Å². The third kappa shape index (κ3) is 3.79. The van der Waals surface area contributed by atoms with Crippen molar-refractivity contribution in [2.45, 2.75) is 18.7 Å². The van der Waals surface area contributed by atoms with Gasteiger partial charge in [0, 0.05) is 11.8 Å². The van der Waals surface area contributed by atoms with Crippen molar-refractivity contribution in [2.75, 3.05) is 18.9 Å². The molecule has 1 heterocycles. The summed E-state index contributed by atoms with van der Waals surface area (Å²) in [6.45, 7) is 3.70. The summed E-state index contributed by atoms with van der Waals surface area (Å²) in [7, 11) is -0.996. The van der Waals surface area contributed by atoms with Crippen LogP contribution in [0.4, 0.5) is 5.69 Å². The molecule has 0 bridgehead atoms. The molecule has 7 nitrogen and oxygen atoms in total. The van der Waals surface area contributed by atoms with Crippen LogP contribution in [0.25, 0.3) is 5.69 Å². The minimum absolute atomic E-state index is 0.0104. The summed E-state index contributed by atoms with van der Waals surface area (Å²) in [4.78, 5) is -0.0104. The number of halogens is 1. The van der Waals surface area contributed by atoms with Crippen LogP contribution >= 0.6 is 11.6 Å². The van der Waals surface area contributed by atoms with Gasteiger partial charge in [-0.05, 0) is 50.2 Å². The monoisotopic (exact) mass is 421 g/mol. The molecule has 28 heavy (non-hydrogen) atoms. The number of benzene rings is 2. The average Bonchev–Trinajstić information content (AvgIpc) is 2.95. The molecule has 0 saturated heterocycles. The van der Waals surface area contributed by atoms with E-state index in [2.05, 4.69) is 9.82 Å². The SMILES string of the molecule is COc1ccc(OC)c(S(=O)(=O)Nc2ccc(-n3nc(C)c(Cl)c3C)cc2)c1. The lowest BCUT2D eigenvalue weighted by Crippen LogP contribution is -2.14. The smallest absolute Gasteiger partial charge is 0.265 e. The summed E-state index contributed by atoms with van der Waals surface area (Å²) in [5.41, 5.74) is 2.72. The first-order chi connectivity index (χ1) is 13.3. The molecule has 0 amide bonds. The molecular weight excluding hydrogens is 402 g/mol. The molecule has 0 aliphatic heterocycles. The molecule has 3 aromatic rings. The average molecular weight is 422 g/mol. The highest BCUT2D eigenvalue weighted by Crippen LogP contribution is 2.30. The molecule has 1 N–H and O–H groups in total. The summed E-state index contributed by atoms with van der Waals surface area (Å²) >= 11 is 6.19. The fraction of sp³-hybridized carbons (Fsp3) is 0.211. The number of nitrogens with zero attached hydrogens (tertiary/aromatic N) is 2. The van der Waals surface area contributed by atoms with Gasteiger partial charge in [-0.15, -0.1) is 0 Å². The first-order valence-corrected chi connectivity index (χ1v) is 10.2. The van der Waals surface area contributed by atoms with E-state index in [1.807, 2.05) is 13.8 Å². The van der Waals surface area contributed by atoms with Crippen molar-refractivity contribution in [3.8, 4) is 17.2 Å². The Kier molecular flexibility index (Phi) is 5.53. The maximum atomic E-state index is 12.8. The van der Waals surface area contributed by atoms with Crippen molar-refractivity contribution in [3.63, 3.8) is 0 Å². The molecule has 0 aliphatic carbocycles. The Morgan fingerprint density at radius 2 is 1.71 bits per heavy atom. The first-order valence-electron chi connectivity index (χ1n) is 8.34. The number of anilines is 1. The third-order valence-corrected chi connectivity index (χ3v) is 6.18. The lowest BCUT2D eigenvalue weighted by atomic mass is 10.3. The van der Waals surface area contributed by atoms with Crippen LogP contribution in [0.5, 0.6) is 11.5 Å². The Hall–Kier alpha value is -2.71. The van der Waals surface area contributed by atoms with Crippen LogP contribution in [0.3, 0.4) is 0 Å². The number of aryl methyl sites for hydroxylation is 1. The molecule has 0 radical (unpaired) electrons. The lowest BCUT2D eigenvalue weighted by molar-refractivity contribution is 0.392. The highest BCUT2D eigenvalue weighted by atomic mass is 35.5. The maximum absolute atomic E-state index is 12.8. The van der Waals surface area contributed by atoms with Crippen LogP contribution in [-0.2, 0) is 10.0 Å². The zero-order valence-electron chi connectivity index (χ0n) is 15.9. The molecular formula is C19H20ClN3O4S. The fourth-order valence-corrected chi connectivity index (χ4v) is 4.11. The van der Waals surface area contributed by atoms with Crippen LogP contribution in [0.1, 0.15) is 11.4 Å². The molecule has 2 aromatic carbocycles. The van der Waals surface area contributed by atoms with Gasteiger partial charge >= 0.3 is 0 Å². The van der Waals surface area contributed by atoms with Crippen molar-refractivity contribution in [1.29, 1.82) is 0 Å². The van der Waals surface area contributed by atoms with Gasteiger partial charge in [0.25, 0.3) is 10.0 Å². The Labute approximate surface area is 168 Å². The zero-order valence-corrected chi connectivity index (χ0v) is 17.4. The van der Waals surface area contributed by atoms with E-state index in [9.17, 15) is 8.42 Å². The van der Waals surface area contributed by atoms with Crippen molar-refractivity contribution >= 4 is 27.3 Å². The zero-order chi connectivity index (χ0) is 20.5. The molecule has 3 rings (SSSR count). The van der Waals surface area contributed by atoms with Crippen molar-refractivity contribution in [1.82, 2.24) is 9.78 Å². The second-order valence-corrected chi connectivity index (χ2v) is 8.09. The Morgan fingerprint density at radius 3 is 2.25 bits per heavy atom. The number of hydrogen-bond donors (Lipinski definition) is 1. The largest absolute Gasteiger partial charge is 0.497 e. The van der Waals surface area contributed by atoms with Gasteiger partial charge < -0.3 is 9.47 Å². The topological polar surface area (TPSA) is 82.5 Å². The van der Waals surface area contributed by atoms with Gasteiger partial charge in [-0.1, -0.05) is 11.6 Å². The molecule has 0 unspecified atom stereocenters. The molecule has 0 spiro atoms. The van der Waals surface area contributed by atoms with Crippen molar-refractivity contribution < 1.29 is 17.9 Å². The summed E-state index contributed by atoms with van der Waals surface area (Å²) in [6.07, 6.45) is 0. The van der Waals surface area contributed by atoms with Gasteiger partial charge in [-0.3, -0.25) is 4.72 Å². The Bertz CT molecular complexity index is 1110. The summed E-state index contributed by atoms with van der Waals surface area (Å²) < 4.78 is 40.2. The highest BCUT2D eigenvalue weighted by Gasteiger charge is 2.21. The van der Waals surface area contributed by atoms with E-state index in [4.69, 9.17) is 21.1 Å². The molecule has 0 saturated carbocycles. The van der Waals surface area contributed by atoms with Gasteiger partial charge in [0.2, 0.25) is 0 Å². The van der Waals surface area contributed by atoms with Crippen LogP contribution in [0.15, 0.2) is 47.4 Å². The number of rotatable bonds is 6. The lowest BCUT2D eigenvalue weighted by Gasteiger charge is -2.13. The number of hydrogen-bond acceptors (Lipinski definition) is 5. The number of aromatic nitrogens is 2. The molecule has 0 fully saturated rings. The Morgan fingerprint density at radius 1 is 1.04 bits per heavy atom. The van der Waals surface area contributed by atoms with Crippen molar-refractivity contribution in [3.05, 3.63) is 58.9 Å². The fourth-order valence-electron chi connectivity index (χ4n) is 2.75. The number of ether oxygens (including phenoxy) is 2. The standard InChI is InChI=1S/C19H20ClN3O4S/c1-12-19(20)13(2)23(21-12)15-7-5-14(6-8-15)22-28(24,25)18-11-16(26-3)9-10-17(18)27-4/h5-11,22H,1-4H3. The minimum Gasteiger partial charge on any atom is -0.497 e. The molecule has 0 aliphatic rings. The van der Waals surface area contributed by atoms with Gasteiger partial charge in [0.1, 0.15) is 16.4 Å². The van der Waals surface area contributed by atoms with E-state index in [-0.39, 0.29) is 10.6 Å². The second kappa shape index (κ2) is 7.73. The number of nitrogens with one attached hydrogen (secondary N) is 1. The quantitative estimate of drug-likeness (QED) is 0.651. The molecule has 9 heteroatoms.